The molecule has 1 aromatic carbocycles. The minimum Gasteiger partial charge on any atom is -0.370 e. The van der Waals surface area contributed by atoms with E-state index in [1.54, 1.807) is 11.2 Å². The van der Waals surface area contributed by atoms with E-state index in [1.165, 1.54) is 0 Å². The Labute approximate surface area is 176 Å². The van der Waals surface area contributed by atoms with Crippen molar-refractivity contribution in [3.8, 4) is 0 Å². The topological polar surface area (TPSA) is 81.7 Å². The van der Waals surface area contributed by atoms with Gasteiger partial charge in [0.1, 0.15) is 18.0 Å². The molecule has 2 aliphatic rings. The summed E-state index contributed by atoms with van der Waals surface area (Å²) in [6.45, 7) is 4.18. The third-order valence-electron chi connectivity index (χ3n) is 5.93. The zero-order chi connectivity index (χ0) is 20.9. The first-order valence-electron chi connectivity index (χ1n) is 10.5. The van der Waals surface area contributed by atoms with Gasteiger partial charge in [-0.15, -0.1) is 0 Å². The first-order valence-corrected chi connectivity index (χ1v) is 10.5. The summed E-state index contributed by atoms with van der Waals surface area (Å²) in [7, 11) is 1.82. The Hall–Kier alpha value is -3.16. The molecule has 30 heavy (non-hydrogen) atoms. The van der Waals surface area contributed by atoms with Gasteiger partial charge in [-0.05, 0) is 30.9 Å². The molecular weight excluding hydrogens is 380 g/mol. The van der Waals surface area contributed by atoms with Crippen molar-refractivity contribution in [2.75, 3.05) is 56.5 Å². The fraction of sp³-hybridized carbons (Fsp3) is 0.455. The molecule has 2 aliphatic heterocycles. The maximum atomic E-state index is 12.6. The molecule has 158 valence electrons. The second-order valence-electron chi connectivity index (χ2n) is 7.98. The van der Waals surface area contributed by atoms with Gasteiger partial charge >= 0.3 is 0 Å². The van der Waals surface area contributed by atoms with E-state index >= 15 is 0 Å². The molecule has 1 N–H and O–H groups in total. The van der Waals surface area contributed by atoms with Gasteiger partial charge in [0.2, 0.25) is 5.91 Å². The third-order valence-corrected chi connectivity index (χ3v) is 5.93. The average molecular weight is 409 g/mol. The molecule has 0 atom stereocenters. The van der Waals surface area contributed by atoms with Gasteiger partial charge in [0.05, 0.1) is 6.54 Å². The first-order chi connectivity index (χ1) is 14.6. The summed E-state index contributed by atoms with van der Waals surface area (Å²) in [5, 5.41) is 3.41. The predicted octanol–water partition coefficient (Wildman–Crippen LogP) is 1.72. The van der Waals surface area contributed by atoms with Crippen molar-refractivity contribution in [3.05, 3.63) is 48.3 Å². The fourth-order valence-corrected chi connectivity index (χ4v) is 3.92. The number of carbonyl (C=O) groups is 2. The zero-order valence-corrected chi connectivity index (χ0v) is 17.3. The van der Waals surface area contributed by atoms with E-state index in [0.717, 1.165) is 56.2 Å². The molecule has 0 radical (unpaired) electrons. The second kappa shape index (κ2) is 9.11. The highest BCUT2D eigenvalue weighted by Crippen LogP contribution is 2.21. The van der Waals surface area contributed by atoms with Crippen LogP contribution in [0.15, 0.2) is 42.7 Å². The van der Waals surface area contributed by atoms with Crippen LogP contribution in [0.3, 0.4) is 0 Å². The Morgan fingerprint density at radius 2 is 1.87 bits per heavy atom. The molecule has 2 aromatic rings. The summed E-state index contributed by atoms with van der Waals surface area (Å²) in [6, 6.07) is 11.4. The van der Waals surface area contributed by atoms with Gasteiger partial charge in [0.15, 0.2) is 0 Å². The highest BCUT2D eigenvalue weighted by Gasteiger charge is 2.24. The number of amides is 2. The second-order valence-corrected chi connectivity index (χ2v) is 7.98. The number of likely N-dealkylation sites (N-methyl/N-ethyl adjacent to an activating group) is 1. The van der Waals surface area contributed by atoms with Crippen LogP contribution in [-0.2, 0) is 4.79 Å². The van der Waals surface area contributed by atoms with E-state index in [9.17, 15) is 9.59 Å². The number of piperazine rings is 1. The van der Waals surface area contributed by atoms with Gasteiger partial charge in [-0.1, -0.05) is 18.2 Å². The Bertz CT molecular complexity index is 882. The highest BCUT2D eigenvalue weighted by atomic mass is 16.2. The van der Waals surface area contributed by atoms with Crippen LogP contribution < -0.4 is 10.2 Å². The van der Waals surface area contributed by atoms with Crippen molar-refractivity contribution in [1.29, 1.82) is 0 Å². The smallest absolute Gasteiger partial charge is 0.253 e. The molecule has 8 nitrogen and oxygen atoms in total. The Morgan fingerprint density at radius 3 is 2.60 bits per heavy atom. The van der Waals surface area contributed by atoms with Crippen LogP contribution in [0.25, 0.3) is 0 Å². The molecule has 2 saturated heterocycles. The van der Waals surface area contributed by atoms with Gasteiger partial charge in [-0.3, -0.25) is 9.59 Å². The average Bonchev–Trinajstić information content (AvgIpc) is 2.80. The number of benzene rings is 1. The standard InChI is InChI=1S/C22H28N6O2/c1-26-11-12-28(15-21(26)29)20-13-19(24-16-25-20)23-14-17-7-9-27(10-8-17)22(30)18-5-3-2-4-6-18/h2-6,13,16-17H,7-12,14-15H2,1H3,(H,23,24,25). The SMILES string of the molecule is CN1CCN(c2cc(NCC3CCN(C(=O)c4ccccc4)CC3)ncn2)CC1=O. The minimum atomic E-state index is 0.103. The minimum absolute atomic E-state index is 0.103. The largest absolute Gasteiger partial charge is 0.370 e. The molecule has 0 bridgehead atoms. The van der Waals surface area contributed by atoms with Crippen molar-refractivity contribution in [3.63, 3.8) is 0 Å². The molecule has 2 amide bonds. The number of likely N-dealkylation sites (tertiary alicyclic amines) is 1. The maximum absolute atomic E-state index is 12.6. The van der Waals surface area contributed by atoms with Crippen molar-refractivity contribution in [2.45, 2.75) is 12.8 Å². The normalized spacial score (nSPS) is 17.9. The van der Waals surface area contributed by atoms with Crippen LogP contribution in [0.4, 0.5) is 11.6 Å². The van der Waals surface area contributed by atoms with Crippen LogP contribution >= 0.6 is 0 Å². The number of nitrogens with one attached hydrogen (secondary N) is 1. The van der Waals surface area contributed by atoms with Gasteiger partial charge in [-0.25, -0.2) is 9.97 Å². The molecule has 1 aromatic heterocycles. The van der Waals surface area contributed by atoms with Gasteiger partial charge in [0.25, 0.3) is 5.91 Å². The lowest BCUT2D eigenvalue weighted by molar-refractivity contribution is -0.129. The van der Waals surface area contributed by atoms with E-state index < -0.39 is 0 Å². The number of piperidine rings is 1. The molecule has 0 aliphatic carbocycles. The number of hydrogen-bond donors (Lipinski definition) is 1. The lowest BCUT2D eigenvalue weighted by Crippen LogP contribution is -2.48. The van der Waals surface area contributed by atoms with E-state index in [4.69, 9.17) is 0 Å². The number of aromatic nitrogens is 2. The predicted molar refractivity (Wildman–Crippen MR) is 115 cm³/mol. The molecule has 3 heterocycles. The summed E-state index contributed by atoms with van der Waals surface area (Å²) in [6.07, 6.45) is 3.48. The van der Waals surface area contributed by atoms with Crippen molar-refractivity contribution in [1.82, 2.24) is 19.8 Å². The van der Waals surface area contributed by atoms with Crippen LogP contribution in [0.5, 0.6) is 0 Å². The maximum Gasteiger partial charge on any atom is 0.253 e. The number of carbonyl (C=O) groups excluding carboxylic acids is 2. The van der Waals surface area contributed by atoms with Crippen molar-refractivity contribution >= 4 is 23.5 Å². The summed E-state index contributed by atoms with van der Waals surface area (Å²) >= 11 is 0. The van der Waals surface area contributed by atoms with Crippen LogP contribution in [-0.4, -0.2) is 77.9 Å². The van der Waals surface area contributed by atoms with E-state index in [0.29, 0.717) is 19.0 Å². The third kappa shape index (κ3) is 4.69. The zero-order valence-electron chi connectivity index (χ0n) is 17.3. The van der Waals surface area contributed by atoms with Crippen molar-refractivity contribution in [2.24, 2.45) is 5.92 Å². The lowest BCUT2D eigenvalue weighted by Gasteiger charge is -2.33. The summed E-state index contributed by atoms with van der Waals surface area (Å²) in [4.78, 5) is 38.9. The highest BCUT2D eigenvalue weighted by molar-refractivity contribution is 5.94. The molecular formula is C22H28N6O2. The summed E-state index contributed by atoms with van der Waals surface area (Å²) < 4.78 is 0. The summed E-state index contributed by atoms with van der Waals surface area (Å²) in [5.74, 6) is 2.26. The molecule has 4 rings (SSSR count). The number of hydrogen-bond acceptors (Lipinski definition) is 6. The van der Waals surface area contributed by atoms with Crippen LogP contribution in [0, 0.1) is 5.92 Å². The van der Waals surface area contributed by atoms with Crippen LogP contribution in [0.1, 0.15) is 23.2 Å². The lowest BCUT2D eigenvalue weighted by atomic mass is 9.96. The Kier molecular flexibility index (Phi) is 6.11. The fourth-order valence-electron chi connectivity index (χ4n) is 3.92. The molecule has 0 unspecified atom stereocenters. The Morgan fingerprint density at radius 1 is 1.10 bits per heavy atom. The Balaban J connectivity index is 1.27. The van der Waals surface area contributed by atoms with E-state index in [2.05, 4.69) is 15.3 Å². The van der Waals surface area contributed by atoms with Gasteiger partial charge in [0, 0.05) is 51.4 Å². The number of rotatable bonds is 5. The number of anilines is 2. The van der Waals surface area contributed by atoms with Gasteiger partial charge < -0.3 is 20.0 Å². The molecule has 0 spiro atoms. The molecule has 2 fully saturated rings. The van der Waals surface area contributed by atoms with Gasteiger partial charge in [-0.2, -0.15) is 0 Å². The first kappa shape index (κ1) is 20.1. The number of nitrogens with zero attached hydrogens (tertiary/aromatic N) is 5. The molecule has 0 saturated carbocycles. The quantitative estimate of drug-likeness (QED) is 0.811. The van der Waals surface area contributed by atoms with E-state index in [-0.39, 0.29) is 11.8 Å². The molecule has 8 heteroatoms. The van der Waals surface area contributed by atoms with Crippen molar-refractivity contribution < 1.29 is 9.59 Å². The monoisotopic (exact) mass is 408 g/mol. The summed E-state index contributed by atoms with van der Waals surface area (Å²) in [5.41, 5.74) is 0.755. The van der Waals surface area contributed by atoms with Crippen LogP contribution in [0.2, 0.25) is 0 Å². The van der Waals surface area contributed by atoms with E-state index in [1.807, 2.05) is 53.2 Å².